The molecule has 3 heteroatoms. The molecule has 3 aromatic rings. The first-order valence-electron chi connectivity index (χ1n) is 9.25. The number of nitrogens with zero attached hydrogens (tertiary/aromatic N) is 2. The second kappa shape index (κ2) is 4.73. The maximum Gasteiger partial charge on any atom is 0.218 e. The first kappa shape index (κ1) is 16.0. The van der Waals surface area contributed by atoms with Gasteiger partial charge in [0, 0.05) is 28.1 Å². The Hall–Kier alpha value is -2.23. The average Bonchev–Trinajstić information content (AvgIpc) is 3.38. The second-order valence-corrected chi connectivity index (χ2v) is 8.68. The molecule has 1 fully saturated rings. The summed E-state index contributed by atoms with van der Waals surface area (Å²) >= 11 is 0. The largest absolute Gasteiger partial charge is 0.260 e. The molecule has 0 N–H and O–H groups in total. The fourth-order valence-corrected chi connectivity index (χ4v) is 4.43. The summed E-state index contributed by atoms with van der Waals surface area (Å²) in [6, 6.07) is 17.2. The molecule has 2 aliphatic rings. The lowest BCUT2D eigenvalue weighted by atomic mass is 9.63. The van der Waals surface area contributed by atoms with Gasteiger partial charge in [0.25, 0.3) is 0 Å². The summed E-state index contributed by atoms with van der Waals surface area (Å²) in [5.41, 5.74) is 5.28. The first-order valence-corrected chi connectivity index (χ1v) is 9.25. The summed E-state index contributed by atoms with van der Waals surface area (Å²) in [5.74, 6) is 0. The molecule has 1 saturated heterocycles. The van der Waals surface area contributed by atoms with Gasteiger partial charge in [-0.1, -0.05) is 55.8 Å². The van der Waals surface area contributed by atoms with E-state index in [1.54, 1.807) is 0 Å². The Labute approximate surface area is 154 Å². The quantitative estimate of drug-likeness (QED) is 0.578. The highest BCUT2D eigenvalue weighted by Gasteiger charge is 2.71. The number of pyridine rings is 1. The number of para-hydroxylation sites is 1. The molecule has 0 radical (unpaired) electrons. The fraction of sp³-hybridized carbons (Fsp3) is 0.348. The van der Waals surface area contributed by atoms with Crippen LogP contribution < -0.4 is 0 Å². The van der Waals surface area contributed by atoms with Crippen LogP contribution in [-0.4, -0.2) is 15.6 Å². The van der Waals surface area contributed by atoms with Crippen LogP contribution >= 0.6 is 0 Å². The van der Waals surface area contributed by atoms with E-state index in [0.717, 1.165) is 16.5 Å². The maximum atomic E-state index is 6.43. The highest BCUT2D eigenvalue weighted by atomic mass is 16.9. The smallest absolute Gasteiger partial charge is 0.218 e. The van der Waals surface area contributed by atoms with E-state index in [1.807, 2.05) is 18.3 Å². The summed E-state index contributed by atoms with van der Waals surface area (Å²) in [5, 5.41) is 3.32. The Morgan fingerprint density at radius 1 is 0.923 bits per heavy atom. The molecule has 0 aliphatic carbocycles. The van der Waals surface area contributed by atoms with Crippen molar-refractivity contribution in [1.29, 1.82) is 0 Å². The van der Waals surface area contributed by atoms with E-state index < -0.39 is 5.72 Å². The van der Waals surface area contributed by atoms with E-state index in [-0.39, 0.29) is 11.0 Å². The Morgan fingerprint density at radius 3 is 2.50 bits per heavy atom. The van der Waals surface area contributed by atoms with Crippen LogP contribution in [0.25, 0.3) is 10.9 Å². The van der Waals surface area contributed by atoms with Crippen LogP contribution in [0.5, 0.6) is 0 Å². The third-order valence-electron chi connectivity index (χ3n) is 6.71. The molecule has 0 amide bonds. The highest BCUT2D eigenvalue weighted by molar-refractivity contribution is 5.79. The van der Waals surface area contributed by atoms with E-state index in [9.17, 15) is 0 Å². The first-order chi connectivity index (χ1) is 12.3. The van der Waals surface area contributed by atoms with Gasteiger partial charge in [0.15, 0.2) is 0 Å². The summed E-state index contributed by atoms with van der Waals surface area (Å²) < 4.78 is 0. The highest BCUT2D eigenvalue weighted by Crippen LogP contribution is 2.64. The van der Waals surface area contributed by atoms with Crippen molar-refractivity contribution in [2.45, 2.75) is 51.3 Å². The lowest BCUT2D eigenvalue weighted by Crippen LogP contribution is -2.54. The number of aromatic nitrogens is 1. The van der Waals surface area contributed by atoms with Crippen molar-refractivity contribution < 1.29 is 4.84 Å². The van der Waals surface area contributed by atoms with Crippen LogP contribution in [0.4, 0.5) is 0 Å². The zero-order valence-corrected chi connectivity index (χ0v) is 16.0. The number of hydroxylamine groups is 2. The molecular weight excluding hydrogens is 320 g/mol. The third kappa shape index (κ3) is 1.77. The van der Waals surface area contributed by atoms with E-state index in [1.165, 1.54) is 16.7 Å². The standard InChI is InChI=1S/C23H24N2O/c1-15-10-11-18-19(12-15)23(25(26-23)22(4,5)21(18,2)3)17-13-16-8-6-7-9-20(16)24-14-17/h6-14H,1-5H3. The zero-order chi connectivity index (χ0) is 18.3. The van der Waals surface area contributed by atoms with Gasteiger partial charge in [0.2, 0.25) is 5.72 Å². The Balaban J connectivity index is 1.80. The minimum atomic E-state index is -0.530. The van der Waals surface area contributed by atoms with Crippen molar-refractivity contribution in [3.8, 4) is 0 Å². The minimum absolute atomic E-state index is 0.0275. The molecule has 3 heterocycles. The molecule has 2 atom stereocenters. The molecule has 132 valence electrons. The van der Waals surface area contributed by atoms with Gasteiger partial charge in [-0.3, -0.25) is 9.82 Å². The molecule has 2 aliphatic heterocycles. The van der Waals surface area contributed by atoms with Crippen LogP contribution in [0.2, 0.25) is 0 Å². The Bertz CT molecular complexity index is 1050. The van der Waals surface area contributed by atoms with Gasteiger partial charge >= 0.3 is 0 Å². The van der Waals surface area contributed by atoms with Crippen molar-refractivity contribution in [2.24, 2.45) is 0 Å². The molecule has 0 saturated carbocycles. The Kier molecular flexibility index (Phi) is 2.91. The number of hydrogen-bond acceptors (Lipinski definition) is 3. The molecule has 5 rings (SSSR count). The van der Waals surface area contributed by atoms with Crippen LogP contribution in [0.3, 0.4) is 0 Å². The normalized spacial score (nSPS) is 27.7. The van der Waals surface area contributed by atoms with Crippen molar-refractivity contribution in [3.05, 3.63) is 77.0 Å². The molecule has 2 unspecified atom stereocenters. The second-order valence-electron chi connectivity index (χ2n) is 8.68. The zero-order valence-electron chi connectivity index (χ0n) is 16.0. The van der Waals surface area contributed by atoms with Crippen molar-refractivity contribution in [2.75, 3.05) is 0 Å². The predicted octanol–water partition coefficient (Wildman–Crippen LogP) is 5.06. The average molecular weight is 344 g/mol. The van der Waals surface area contributed by atoms with E-state index >= 15 is 0 Å². The molecule has 3 nitrogen and oxygen atoms in total. The van der Waals surface area contributed by atoms with Gasteiger partial charge in [-0.2, -0.15) is 0 Å². The number of aryl methyl sites for hydroxylation is 1. The van der Waals surface area contributed by atoms with Gasteiger partial charge in [0.1, 0.15) is 0 Å². The van der Waals surface area contributed by atoms with Crippen molar-refractivity contribution in [1.82, 2.24) is 10.0 Å². The van der Waals surface area contributed by atoms with Crippen molar-refractivity contribution >= 4 is 10.9 Å². The minimum Gasteiger partial charge on any atom is -0.260 e. The summed E-state index contributed by atoms with van der Waals surface area (Å²) in [6.45, 7) is 11.3. The van der Waals surface area contributed by atoms with Crippen LogP contribution in [0.1, 0.15) is 49.9 Å². The van der Waals surface area contributed by atoms with Gasteiger partial charge < -0.3 is 0 Å². The van der Waals surface area contributed by atoms with E-state index in [0.29, 0.717) is 0 Å². The lowest BCUT2D eigenvalue weighted by Gasteiger charge is -2.47. The topological polar surface area (TPSA) is 28.4 Å². The third-order valence-corrected chi connectivity index (χ3v) is 6.71. The summed E-state index contributed by atoms with van der Waals surface area (Å²) in [4.78, 5) is 11.1. The number of hydrogen-bond donors (Lipinski definition) is 0. The maximum absolute atomic E-state index is 6.43. The molecule has 1 aromatic heterocycles. The molecule has 2 aromatic carbocycles. The molecule has 26 heavy (non-hydrogen) atoms. The van der Waals surface area contributed by atoms with Crippen LogP contribution in [0.15, 0.2) is 54.7 Å². The van der Waals surface area contributed by atoms with Gasteiger partial charge in [-0.05, 0) is 38.5 Å². The monoisotopic (exact) mass is 344 g/mol. The van der Waals surface area contributed by atoms with E-state index in [4.69, 9.17) is 9.82 Å². The molecule has 0 bridgehead atoms. The number of fused-ring (bicyclic) bond motifs is 4. The molecule has 0 spiro atoms. The summed E-state index contributed by atoms with van der Waals surface area (Å²) in [7, 11) is 0. The number of rotatable bonds is 1. The fourth-order valence-electron chi connectivity index (χ4n) is 4.43. The van der Waals surface area contributed by atoms with Gasteiger partial charge in [-0.15, -0.1) is 5.06 Å². The number of benzene rings is 2. The van der Waals surface area contributed by atoms with E-state index in [2.05, 4.69) is 76.1 Å². The van der Waals surface area contributed by atoms with Crippen LogP contribution in [-0.2, 0) is 16.0 Å². The van der Waals surface area contributed by atoms with Crippen LogP contribution in [0, 0.1) is 6.92 Å². The van der Waals surface area contributed by atoms with Gasteiger partial charge in [-0.25, -0.2) is 0 Å². The summed E-state index contributed by atoms with van der Waals surface area (Å²) in [6.07, 6.45) is 1.98. The lowest BCUT2D eigenvalue weighted by molar-refractivity contribution is 0.0326. The molecular formula is C23H24N2O. The Morgan fingerprint density at radius 2 is 1.69 bits per heavy atom. The van der Waals surface area contributed by atoms with Gasteiger partial charge in [0.05, 0.1) is 11.1 Å². The SMILES string of the molecule is Cc1ccc2c(c1)C1(c3cnc4ccccc4c3)ON1C(C)(C)C2(C)C. The predicted molar refractivity (Wildman–Crippen MR) is 104 cm³/mol. The van der Waals surface area contributed by atoms with Crippen molar-refractivity contribution in [3.63, 3.8) is 0 Å².